The zero-order valence-corrected chi connectivity index (χ0v) is 13.5. The highest BCUT2D eigenvalue weighted by Gasteiger charge is 2.16. The van der Waals surface area contributed by atoms with Gasteiger partial charge in [0.1, 0.15) is 4.90 Å². The minimum absolute atomic E-state index is 0.297. The summed E-state index contributed by atoms with van der Waals surface area (Å²) in [7, 11) is 0.136. The lowest BCUT2D eigenvalue weighted by Gasteiger charge is -2.32. The van der Waals surface area contributed by atoms with E-state index in [1.54, 1.807) is 18.2 Å². The molecular formula is C14H24N4O2S. The lowest BCUT2D eigenvalue weighted by atomic mass is 10.3. The van der Waals surface area contributed by atoms with E-state index in [1.165, 1.54) is 7.05 Å². The molecule has 7 heteroatoms. The molecule has 0 aliphatic carbocycles. The number of hydrogen-bond acceptors (Lipinski definition) is 5. The summed E-state index contributed by atoms with van der Waals surface area (Å²) in [6, 6.07) is 6.99. The normalized spacial score (nSPS) is 17.8. The topological polar surface area (TPSA) is 64.7 Å². The van der Waals surface area contributed by atoms with Gasteiger partial charge < -0.3 is 10.2 Å². The molecule has 118 valence electrons. The molecule has 6 nitrogen and oxygen atoms in total. The molecule has 0 spiro atoms. The Morgan fingerprint density at radius 1 is 1.14 bits per heavy atom. The predicted molar refractivity (Wildman–Crippen MR) is 85.1 cm³/mol. The van der Waals surface area contributed by atoms with Crippen molar-refractivity contribution in [2.75, 3.05) is 58.7 Å². The molecule has 1 aliphatic rings. The largest absolute Gasteiger partial charge is 0.383 e. The lowest BCUT2D eigenvalue weighted by molar-refractivity contribution is 0.158. The van der Waals surface area contributed by atoms with E-state index in [2.05, 4.69) is 26.9 Å². The van der Waals surface area contributed by atoms with Gasteiger partial charge in [-0.15, -0.1) is 0 Å². The Labute approximate surface area is 127 Å². The molecule has 0 radical (unpaired) electrons. The van der Waals surface area contributed by atoms with Gasteiger partial charge in [-0.3, -0.25) is 4.90 Å². The number of anilines is 1. The summed E-state index contributed by atoms with van der Waals surface area (Å²) in [5, 5.41) is 3.24. The van der Waals surface area contributed by atoms with Crippen molar-refractivity contribution in [1.29, 1.82) is 0 Å². The summed E-state index contributed by atoms with van der Waals surface area (Å²) in [5.41, 5.74) is 0.654. The van der Waals surface area contributed by atoms with Crippen LogP contribution in [0.4, 0.5) is 5.69 Å². The van der Waals surface area contributed by atoms with Crippen LogP contribution < -0.4 is 10.0 Å². The molecule has 1 aliphatic heterocycles. The van der Waals surface area contributed by atoms with E-state index in [9.17, 15) is 8.42 Å². The van der Waals surface area contributed by atoms with Crippen molar-refractivity contribution >= 4 is 15.7 Å². The molecule has 0 aromatic heterocycles. The van der Waals surface area contributed by atoms with E-state index in [1.807, 2.05) is 6.07 Å². The molecule has 0 amide bonds. The molecule has 1 heterocycles. The maximum Gasteiger partial charge on any atom is 0.242 e. The molecule has 2 N–H and O–H groups in total. The fourth-order valence-electron chi connectivity index (χ4n) is 2.38. The molecule has 1 aromatic carbocycles. The average Bonchev–Trinajstić information content (AvgIpc) is 2.50. The zero-order chi connectivity index (χ0) is 15.3. The lowest BCUT2D eigenvalue weighted by Crippen LogP contribution is -2.45. The van der Waals surface area contributed by atoms with Gasteiger partial charge >= 0.3 is 0 Å². The summed E-state index contributed by atoms with van der Waals surface area (Å²) >= 11 is 0. The summed E-state index contributed by atoms with van der Waals surface area (Å²) in [4.78, 5) is 5.01. The average molecular weight is 312 g/mol. The quantitative estimate of drug-likeness (QED) is 0.788. The van der Waals surface area contributed by atoms with Crippen molar-refractivity contribution in [1.82, 2.24) is 14.5 Å². The highest BCUT2D eigenvalue weighted by Crippen LogP contribution is 2.19. The Morgan fingerprint density at radius 2 is 1.81 bits per heavy atom. The van der Waals surface area contributed by atoms with E-state index in [-0.39, 0.29) is 0 Å². The number of nitrogens with one attached hydrogen (secondary N) is 2. The molecule has 1 saturated heterocycles. The Morgan fingerprint density at radius 3 is 2.48 bits per heavy atom. The van der Waals surface area contributed by atoms with Crippen molar-refractivity contribution in [3.8, 4) is 0 Å². The van der Waals surface area contributed by atoms with Crippen LogP contribution in [0.25, 0.3) is 0 Å². The standard InChI is InChI=1S/C14H24N4O2S/c1-15-21(19,20)14-6-4-3-5-13(14)16-7-8-18-11-9-17(2)10-12-18/h3-6,15-16H,7-12H2,1-2H3. The number of para-hydroxylation sites is 1. The van der Waals surface area contributed by atoms with Crippen LogP contribution >= 0.6 is 0 Å². The zero-order valence-electron chi connectivity index (χ0n) is 12.7. The first kappa shape index (κ1) is 16.2. The maximum atomic E-state index is 12.0. The second-order valence-electron chi connectivity index (χ2n) is 5.28. The van der Waals surface area contributed by atoms with Gasteiger partial charge in [0, 0.05) is 39.3 Å². The SMILES string of the molecule is CNS(=O)(=O)c1ccccc1NCCN1CCN(C)CC1. The smallest absolute Gasteiger partial charge is 0.242 e. The minimum atomic E-state index is -3.42. The van der Waals surface area contributed by atoms with Crippen LogP contribution in [0.3, 0.4) is 0 Å². The number of sulfonamides is 1. The van der Waals surface area contributed by atoms with E-state index in [0.717, 1.165) is 39.3 Å². The number of nitrogens with zero attached hydrogens (tertiary/aromatic N) is 2. The number of piperazine rings is 1. The fourth-order valence-corrected chi connectivity index (χ4v) is 3.28. The van der Waals surface area contributed by atoms with Crippen LogP contribution in [0.2, 0.25) is 0 Å². The van der Waals surface area contributed by atoms with Gasteiger partial charge in [0.15, 0.2) is 0 Å². The van der Waals surface area contributed by atoms with E-state index >= 15 is 0 Å². The molecule has 0 unspecified atom stereocenters. The van der Waals surface area contributed by atoms with Crippen molar-refractivity contribution in [3.05, 3.63) is 24.3 Å². The van der Waals surface area contributed by atoms with Crippen LogP contribution in [-0.4, -0.2) is 71.6 Å². The highest BCUT2D eigenvalue weighted by atomic mass is 32.2. The maximum absolute atomic E-state index is 12.0. The molecule has 0 bridgehead atoms. The van der Waals surface area contributed by atoms with Gasteiger partial charge in [0.05, 0.1) is 5.69 Å². The van der Waals surface area contributed by atoms with Crippen LogP contribution in [0.1, 0.15) is 0 Å². The fraction of sp³-hybridized carbons (Fsp3) is 0.571. The van der Waals surface area contributed by atoms with Gasteiger partial charge in [0.2, 0.25) is 10.0 Å². The summed E-state index contributed by atoms with van der Waals surface area (Å²) in [5.74, 6) is 0. The highest BCUT2D eigenvalue weighted by molar-refractivity contribution is 7.89. The van der Waals surface area contributed by atoms with Crippen molar-refractivity contribution < 1.29 is 8.42 Å². The predicted octanol–water partition coefficient (Wildman–Crippen LogP) is 0.254. The van der Waals surface area contributed by atoms with Crippen molar-refractivity contribution in [2.45, 2.75) is 4.90 Å². The number of benzene rings is 1. The van der Waals surface area contributed by atoms with Gasteiger partial charge in [-0.25, -0.2) is 13.1 Å². The molecule has 1 fully saturated rings. The minimum Gasteiger partial charge on any atom is -0.383 e. The number of rotatable bonds is 6. The second-order valence-corrected chi connectivity index (χ2v) is 7.13. The monoisotopic (exact) mass is 312 g/mol. The van der Waals surface area contributed by atoms with Crippen LogP contribution in [0.15, 0.2) is 29.2 Å². The molecule has 0 saturated carbocycles. The molecule has 0 atom stereocenters. The third kappa shape index (κ3) is 4.41. The van der Waals surface area contributed by atoms with Gasteiger partial charge in [-0.2, -0.15) is 0 Å². The number of hydrogen-bond donors (Lipinski definition) is 2. The second kappa shape index (κ2) is 7.22. The van der Waals surface area contributed by atoms with E-state index < -0.39 is 10.0 Å². The molecule has 21 heavy (non-hydrogen) atoms. The van der Waals surface area contributed by atoms with Crippen LogP contribution in [-0.2, 0) is 10.0 Å². The third-order valence-electron chi connectivity index (χ3n) is 3.78. The summed E-state index contributed by atoms with van der Waals surface area (Å²) < 4.78 is 26.3. The van der Waals surface area contributed by atoms with Crippen molar-refractivity contribution in [3.63, 3.8) is 0 Å². The van der Waals surface area contributed by atoms with Crippen LogP contribution in [0, 0.1) is 0 Å². The Hall–Kier alpha value is -1.15. The first-order valence-corrected chi connectivity index (χ1v) is 8.68. The molecular weight excluding hydrogens is 288 g/mol. The van der Waals surface area contributed by atoms with Crippen LogP contribution in [0.5, 0.6) is 0 Å². The summed E-state index contributed by atoms with van der Waals surface area (Å²) in [6.07, 6.45) is 0. The van der Waals surface area contributed by atoms with Gasteiger partial charge in [-0.05, 0) is 26.2 Å². The van der Waals surface area contributed by atoms with E-state index in [0.29, 0.717) is 10.6 Å². The molecule has 1 aromatic rings. The molecule has 2 rings (SSSR count). The van der Waals surface area contributed by atoms with Gasteiger partial charge in [0.25, 0.3) is 0 Å². The summed E-state index contributed by atoms with van der Waals surface area (Å²) in [6.45, 7) is 5.96. The first-order valence-electron chi connectivity index (χ1n) is 7.20. The Balaban J connectivity index is 1.92. The van der Waals surface area contributed by atoms with Crippen molar-refractivity contribution in [2.24, 2.45) is 0 Å². The third-order valence-corrected chi connectivity index (χ3v) is 5.26. The first-order chi connectivity index (χ1) is 10.0. The Bertz CT molecular complexity index is 554. The Kier molecular flexibility index (Phi) is 5.58. The number of likely N-dealkylation sites (N-methyl/N-ethyl adjacent to an activating group) is 1. The van der Waals surface area contributed by atoms with Gasteiger partial charge in [-0.1, -0.05) is 12.1 Å². The van der Waals surface area contributed by atoms with E-state index in [4.69, 9.17) is 0 Å².